The molecule has 0 aliphatic carbocycles. The number of nitrogens with one attached hydrogen (secondary N) is 1. The van der Waals surface area contributed by atoms with Crippen LogP contribution >= 0.6 is 0 Å². The van der Waals surface area contributed by atoms with Crippen LogP contribution in [0.2, 0.25) is 0 Å². The lowest BCUT2D eigenvalue weighted by molar-refractivity contribution is 0.112. The summed E-state index contributed by atoms with van der Waals surface area (Å²) >= 11 is 0. The van der Waals surface area contributed by atoms with Gasteiger partial charge in [-0.05, 0) is 30.7 Å². The Labute approximate surface area is 161 Å². The van der Waals surface area contributed by atoms with Gasteiger partial charge >= 0.3 is 0 Å². The molecule has 0 heterocycles. The van der Waals surface area contributed by atoms with E-state index >= 15 is 0 Å². The number of carbonyl (C=O) groups is 1. The molecular weight excluding hydrogens is 340 g/mol. The number of unbranched alkanes of at least 4 members (excludes halogenated alkanes) is 5. The molecule has 2 aromatic carbocycles. The average Bonchev–Trinajstić information content (AvgIpc) is 2.72. The Bertz CT molecular complexity index is 727. The number of carbonyl (C=O) groups excluding carboxylic acids is 1. The maximum atomic E-state index is 11.2. The molecule has 5 nitrogen and oxygen atoms in total. The van der Waals surface area contributed by atoms with E-state index in [0.29, 0.717) is 23.4 Å². The van der Waals surface area contributed by atoms with Crippen molar-refractivity contribution < 1.29 is 14.7 Å². The maximum absolute atomic E-state index is 11.2. The Morgan fingerprint density at radius 3 is 2.44 bits per heavy atom. The van der Waals surface area contributed by atoms with Crippen LogP contribution in [0.1, 0.15) is 61.4 Å². The van der Waals surface area contributed by atoms with Crippen LogP contribution in [-0.2, 0) is 0 Å². The zero-order valence-electron chi connectivity index (χ0n) is 15.9. The first-order valence-corrected chi connectivity index (χ1v) is 9.54. The molecule has 0 amide bonds. The third-order valence-corrected chi connectivity index (χ3v) is 4.29. The number of hydrogen-bond donors (Lipinski definition) is 2. The fourth-order valence-electron chi connectivity index (χ4n) is 2.78. The number of nitrogens with zero attached hydrogens (tertiary/aromatic N) is 1. The SMILES string of the molecule is CCCCCCCCOc1ccc(N=C(NO)c2ccccc2C=O)cc1. The molecule has 2 aromatic rings. The lowest BCUT2D eigenvalue weighted by Crippen LogP contribution is -2.21. The highest BCUT2D eigenvalue weighted by Crippen LogP contribution is 2.20. The van der Waals surface area contributed by atoms with E-state index in [1.165, 1.54) is 32.1 Å². The molecule has 0 aliphatic rings. The highest BCUT2D eigenvalue weighted by atomic mass is 16.5. The minimum Gasteiger partial charge on any atom is -0.494 e. The van der Waals surface area contributed by atoms with Gasteiger partial charge in [0.2, 0.25) is 0 Å². The second-order valence-electron chi connectivity index (χ2n) is 6.39. The predicted octanol–water partition coefficient (Wildman–Crippen LogP) is 5.30. The molecule has 27 heavy (non-hydrogen) atoms. The van der Waals surface area contributed by atoms with Crippen molar-refractivity contribution in [3.8, 4) is 5.75 Å². The molecule has 0 spiro atoms. The van der Waals surface area contributed by atoms with Gasteiger partial charge in [0.05, 0.1) is 12.3 Å². The molecule has 0 saturated carbocycles. The Morgan fingerprint density at radius 2 is 1.74 bits per heavy atom. The highest BCUT2D eigenvalue weighted by Gasteiger charge is 2.08. The molecule has 5 heteroatoms. The number of aliphatic imine (C=N–C) groups is 1. The van der Waals surface area contributed by atoms with Crippen LogP contribution in [0, 0.1) is 0 Å². The van der Waals surface area contributed by atoms with Crippen LogP contribution in [-0.4, -0.2) is 23.9 Å². The van der Waals surface area contributed by atoms with Gasteiger partial charge < -0.3 is 4.74 Å². The van der Waals surface area contributed by atoms with Crippen molar-refractivity contribution in [1.29, 1.82) is 0 Å². The zero-order chi connectivity index (χ0) is 19.3. The molecule has 144 valence electrons. The molecule has 0 radical (unpaired) electrons. The molecule has 0 unspecified atom stereocenters. The van der Waals surface area contributed by atoms with Crippen molar-refractivity contribution in [3.63, 3.8) is 0 Å². The van der Waals surface area contributed by atoms with Gasteiger partial charge in [0.1, 0.15) is 5.75 Å². The molecular formula is C22H28N2O3. The van der Waals surface area contributed by atoms with E-state index in [2.05, 4.69) is 17.4 Å². The van der Waals surface area contributed by atoms with E-state index < -0.39 is 0 Å². The highest BCUT2D eigenvalue weighted by molar-refractivity contribution is 6.05. The van der Waals surface area contributed by atoms with Gasteiger partial charge in [0.15, 0.2) is 12.1 Å². The van der Waals surface area contributed by atoms with Gasteiger partial charge in [-0.3, -0.25) is 15.5 Å². The van der Waals surface area contributed by atoms with Gasteiger partial charge in [-0.15, -0.1) is 0 Å². The Kier molecular flexibility index (Phi) is 9.07. The predicted molar refractivity (Wildman–Crippen MR) is 108 cm³/mol. The summed E-state index contributed by atoms with van der Waals surface area (Å²) in [5.41, 5.74) is 3.73. The zero-order valence-corrected chi connectivity index (χ0v) is 15.9. The van der Waals surface area contributed by atoms with E-state index in [9.17, 15) is 10.0 Å². The van der Waals surface area contributed by atoms with E-state index in [1.54, 1.807) is 24.3 Å². The normalized spacial score (nSPS) is 11.3. The van der Waals surface area contributed by atoms with Gasteiger partial charge in [-0.1, -0.05) is 63.3 Å². The van der Waals surface area contributed by atoms with E-state index in [4.69, 9.17) is 4.74 Å². The fraction of sp³-hybridized carbons (Fsp3) is 0.364. The third-order valence-electron chi connectivity index (χ3n) is 4.29. The summed E-state index contributed by atoms with van der Waals surface area (Å²) in [4.78, 5) is 15.5. The second kappa shape index (κ2) is 11.9. The first-order chi connectivity index (χ1) is 13.3. The lowest BCUT2D eigenvalue weighted by Gasteiger charge is -2.08. The van der Waals surface area contributed by atoms with Crippen LogP contribution in [0.3, 0.4) is 0 Å². The fourth-order valence-corrected chi connectivity index (χ4v) is 2.78. The van der Waals surface area contributed by atoms with Crippen molar-refractivity contribution in [2.24, 2.45) is 4.99 Å². The topological polar surface area (TPSA) is 70.9 Å². The smallest absolute Gasteiger partial charge is 0.158 e. The number of aldehydes is 1. The third kappa shape index (κ3) is 6.87. The Hall–Kier alpha value is -2.66. The molecule has 2 rings (SSSR count). The van der Waals surface area contributed by atoms with Gasteiger partial charge in [-0.2, -0.15) is 0 Å². The molecule has 0 aromatic heterocycles. The van der Waals surface area contributed by atoms with Gasteiger partial charge in [0.25, 0.3) is 0 Å². The van der Waals surface area contributed by atoms with Crippen LogP contribution in [0.5, 0.6) is 5.75 Å². The monoisotopic (exact) mass is 368 g/mol. The quantitative estimate of drug-likeness (QED) is 0.186. The van der Waals surface area contributed by atoms with Gasteiger partial charge in [-0.25, -0.2) is 4.99 Å². The number of amidine groups is 1. The Balaban J connectivity index is 1.92. The van der Waals surface area contributed by atoms with Crippen molar-refractivity contribution in [1.82, 2.24) is 5.48 Å². The minimum absolute atomic E-state index is 0.221. The Morgan fingerprint density at radius 1 is 1.04 bits per heavy atom. The number of ether oxygens (including phenoxy) is 1. The van der Waals surface area contributed by atoms with Crippen LogP contribution in [0.15, 0.2) is 53.5 Å². The summed E-state index contributed by atoms with van der Waals surface area (Å²) in [5, 5.41) is 9.41. The molecule has 0 atom stereocenters. The van der Waals surface area contributed by atoms with Crippen molar-refractivity contribution in [2.75, 3.05) is 6.61 Å². The number of rotatable bonds is 11. The van der Waals surface area contributed by atoms with Crippen molar-refractivity contribution >= 4 is 17.8 Å². The molecule has 0 aliphatic heterocycles. The average molecular weight is 368 g/mol. The van der Waals surface area contributed by atoms with E-state index in [-0.39, 0.29) is 5.84 Å². The summed E-state index contributed by atoms with van der Waals surface area (Å²) in [5.74, 6) is 1.02. The van der Waals surface area contributed by atoms with Crippen molar-refractivity contribution in [3.05, 3.63) is 59.7 Å². The summed E-state index contributed by atoms with van der Waals surface area (Å²) in [7, 11) is 0. The van der Waals surface area contributed by atoms with Crippen LogP contribution in [0.4, 0.5) is 5.69 Å². The number of hydroxylamine groups is 1. The number of hydrogen-bond acceptors (Lipinski definition) is 4. The first-order valence-electron chi connectivity index (χ1n) is 9.54. The molecule has 0 saturated heterocycles. The number of benzene rings is 2. The lowest BCUT2D eigenvalue weighted by atomic mass is 10.1. The van der Waals surface area contributed by atoms with Gasteiger partial charge in [0, 0.05) is 11.1 Å². The summed E-state index contributed by atoms with van der Waals surface area (Å²) in [6.45, 7) is 2.93. The summed E-state index contributed by atoms with van der Waals surface area (Å²) in [6.07, 6.45) is 8.14. The summed E-state index contributed by atoms with van der Waals surface area (Å²) < 4.78 is 5.76. The molecule has 0 bridgehead atoms. The molecule has 2 N–H and O–H groups in total. The maximum Gasteiger partial charge on any atom is 0.158 e. The van der Waals surface area contributed by atoms with Crippen molar-refractivity contribution in [2.45, 2.75) is 45.4 Å². The van der Waals surface area contributed by atoms with Crippen LogP contribution in [0.25, 0.3) is 0 Å². The minimum atomic E-state index is 0.221. The van der Waals surface area contributed by atoms with E-state index in [0.717, 1.165) is 18.5 Å². The molecule has 0 fully saturated rings. The second-order valence-corrected chi connectivity index (χ2v) is 6.39. The standard InChI is InChI=1S/C22H28N2O3/c1-2-3-4-5-6-9-16-27-20-14-12-19(13-15-20)23-22(24-26)21-11-8-7-10-18(21)17-25/h7-8,10-15,17,26H,2-6,9,16H2,1H3,(H,23,24). The van der Waals surface area contributed by atoms with E-state index in [1.807, 2.05) is 24.3 Å². The van der Waals surface area contributed by atoms with Crippen LogP contribution < -0.4 is 10.2 Å². The summed E-state index contributed by atoms with van der Waals surface area (Å²) in [6, 6.07) is 14.3. The first kappa shape index (κ1) is 20.6. The largest absolute Gasteiger partial charge is 0.494 e.